The van der Waals surface area contributed by atoms with E-state index in [1.54, 1.807) is 29.5 Å². The van der Waals surface area contributed by atoms with Gasteiger partial charge in [0.2, 0.25) is 0 Å². The van der Waals surface area contributed by atoms with Crippen LogP contribution >= 0.6 is 22.9 Å². The molecule has 0 atom stereocenters. The fraction of sp³-hybridized carbons (Fsp3) is 0.238. The number of benzene rings is 2. The van der Waals surface area contributed by atoms with Crippen molar-refractivity contribution in [3.63, 3.8) is 0 Å². The lowest BCUT2D eigenvalue weighted by molar-refractivity contribution is -0.917. The number of fused-ring (bicyclic) bond motifs is 2. The molecule has 1 saturated heterocycles. The number of piperazine rings is 1. The van der Waals surface area contributed by atoms with Crippen molar-refractivity contribution < 1.29 is 14.1 Å². The smallest absolute Gasteiger partial charge is 0.290 e. The lowest BCUT2D eigenvalue weighted by Crippen LogP contribution is -3.13. The molecular weight excluding hydrogens is 394 g/mol. The van der Waals surface area contributed by atoms with Crippen LogP contribution in [0.15, 0.2) is 52.9 Å². The van der Waals surface area contributed by atoms with E-state index < -0.39 is 0 Å². The zero-order valence-corrected chi connectivity index (χ0v) is 16.7. The normalized spacial score (nSPS) is 15.5. The number of carbonyl (C=O) groups is 1. The van der Waals surface area contributed by atoms with Gasteiger partial charge < -0.3 is 14.2 Å². The Hall–Kier alpha value is -2.41. The molecule has 0 aliphatic carbocycles. The van der Waals surface area contributed by atoms with Crippen molar-refractivity contribution in [3.8, 4) is 0 Å². The summed E-state index contributed by atoms with van der Waals surface area (Å²) in [7, 11) is 0. The van der Waals surface area contributed by atoms with Crippen molar-refractivity contribution in [1.82, 2.24) is 9.88 Å². The Kier molecular flexibility index (Phi) is 4.55. The number of halogens is 1. The molecule has 1 amide bonds. The van der Waals surface area contributed by atoms with Crippen molar-refractivity contribution >= 4 is 50.0 Å². The lowest BCUT2D eigenvalue weighted by atomic mass is 10.2. The van der Waals surface area contributed by atoms with Crippen LogP contribution in [0.25, 0.3) is 21.2 Å². The van der Waals surface area contributed by atoms with E-state index in [9.17, 15) is 4.79 Å². The van der Waals surface area contributed by atoms with Crippen LogP contribution in [0.5, 0.6) is 0 Å². The summed E-state index contributed by atoms with van der Waals surface area (Å²) in [5.74, 6) is 0.332. The van der Waals surface area contributed by atoms with Gasteiger partial charge in [-0.3, -0.25) is 4.79 Å². The second-order valence-corrected chi connectivity index (χ2v) is 8.64. The van der Waals surface area contributed by atoms with Gasteiger partial charge in [-0.15, -0.1) is 11.3 Å². The van der Waals surface area contributed by atoms with Gasteiger partial charge in [0.05, 0.1) is 36.4 Å². The van der Waals surface area contributed by atoms with Gasteiger partial charge in [-0.05, 0) is 36.4 Å². The maximum atomic E-state index is 12.8. The summed E-state index contributed by atoms with van der Waals surface area (Å²) < 4.78 is 6.96. The molecule has 1 aliphatic heterocycles. The van der Waals surface area contributed by atoms with E-state index >= 15 is 0 Å². The summed E-state index contributed by atoms with van der Waals surface area (Å²) in [4.78, 5) is 20.9. The van der Waals surface area contributed by atoms with E-state index in [-0.39, 0.29) is 5.91 Å². The fourth-order valence-corrected chi connectivity index (χ4v) is 4.91. The van der Waals surface area contributed by atoms with Crippen LogP contribution in [-0.2, 0) is 6.54 Å². The Morgan fingerprint density at radius 1 is 1.18 bits per heavy atom. The van der Waals surface area contributed by atoms with Crippen LogP contribution in [0, 0.1) is 0 Å². The number of quaternary nitrogens is 1. The van der Waals surface area contributed by atoms with Gasteiger partial charge in [0, 0.05) is 10.4 Å². The van der Waals surface area contributed by atoms with Crippen molar-refractivity contribution in [2.75, 3.05) is 26.2 Å². The van der Waals surface area contributed by atoms with Gasteiger partial charge >= 0.3 is 0 Å². The summed E-state index contributed by atoms with van der Waals surface area (Å²) in [5.41, 5.74) is 1.76. The number of nitrogens with zero attached hydrogens (tertiary/aromatic N) is 2. The van der Waals surface area contributed by atoms with E-state index in [4.69, 9.17) is 21.0 Å². The third-order valence-corrected chi connectivity index (χ3v) is 6.46. The topological polar surface area (TPSA) is 50.8 Å². The minimum atomic E-state index is -0.0497. The Balaban J connectivity index is 1.24. The Bertz CT molecular complexity index is 1130. The number of para-hydroxylation sites is 1. The number of furan rings is 1. The van der Waals surface area contributed by atoms with Crippen molar-refractivity contribution in [1.29, 1.82) is 0 Å². The van der Waals surface area contributed by atoms with E-state index in [2.05, 4.69) is 12.1 Å². The summed E-state index contributed by atoms with van der Waals surface area (Å²) in [6, 6.07) is 15.4. The van der Waals surface area contributed by atoms with Crippen LogP contribution in [0.1, 0.15) is 15.6 Å². The molecule has 0 bridgehead atoms. The molecule has 3 heterocycles. The first-order valence-electron chi connectivity index (χ1n) is 9.32. The molecule has 4 aromatic rings. The van der Waals surface area contributed by atoms with Crippen molar-refractivity contribution in [2.45, 2.75) is 6.54 Å². The average Bonchev–Trinajstić information content (AvgIpc) is 3.31. The molecule has 142 valence electrons. The zero-order valence-electron chi connectivity index (χ0n) is 15.2. The van der Waals surface area contributed by atoms with Gasteiger partial charge in [-0.25, -0.2) is 4.98 Å². The van der Waals surface area contributed by atoms with E-state index in [1.165, 1.54) is 9.60 Å². The molecule has 0 spiro atoms. The number of amides is 1. The molecule has 1 N–H and O–H groups in total. The highest BCUT2D eigenvalue weighted by Crippen LogP contribution is 2.24. The number of hydrogen-bond acceptors (Lipinski definition) is 4. The Morgan fingerprint density at radius 3 is 2.82 bits per heavy atom. The Labute approximate surface area is 171 Å². The third kappa shape index (κ3) is 3.39. The van der Waals surface area contributed by atoms with Crippen LogP contribution in [0.4, 0.5) is 0 Å². The van der Waals surface area contributed by atoms with E-state index in [1.807, 2.05) is 23.1 Å². The number of carbonyl (C=O) groups excluding carboxylic acids is 1. The predicted octanol–water partition coefficient (Wildman–Crippen LogP) is 3.24. The summed E-state index contributed by atoms with van der Waals surface area (Å²) in [6.07, 6.45) is 0. The standard InChI is InChI=1S/C21H18ClN3O2S/c22-15-5-6-17-14(11-15)12-18(27-17)21(26)25-9-7-24(8-10-25)13-20-23-16-3-1-2-4-19(16)28-20/h1-6,11-12H,7-10,13H2/p+1. The Morgan fingerprint density at radius 2 is 2.00 bits per heavy atom. The molecular formula is C21H19ClN3O2S+. The molecule has 7 heteroatoms. The summed E-state index contributed by atoms with van der Waals surface area (Å²) in [5, 5.41) is 2.65. The molecule has 2 aromatic carbocycles. The highest BCUT2D eigenvalue weighted by Gasteiger charge is 2.27. The van der Waals surface area contributed by atoms with Gasteiger partial charge in [-0.1, -0.05) is 23.7 Å². The summed E-state index contributed by atoms with van der Waals surface area (Å²) in [6.45, 7) is 4.17. The fourth-order valence-electron chi connectivity index (χ4n) is 3.69. The van der Waals surface area contributed by atoms with Gasteiger partial charge in [0.25, 0.3) is 5.91 Å². The zero-order chi connectivity index (χ0) is 19.1. The molecule has 5 nitrogen and oxygen atoms in total. The molecule has 28 heavy (non-hydrogen) atoms. The van der Waals surface area contributed by atoms with E-state index in [0.29, 0.717) is 16.4 Å². The largest absolute Gasteiger partial charge is 0.451 e. The highest BCUT2D eigenvalue weighted by molar-refractivity contribution is 7.18. The molecule has 2 aromatic heterocycles. The molecule has 0 unspecified atom stereocenters. The minimum absolute atomic E-state index is 0.0497. The highest BCUT2D eigenvalue weighted by atomic mass is 35.5. The number of aromatic nitrogens is 1. The first-order chi connectivity index (χ1) is 13.7. The predicted molar refractivity (Wildman–Crippen MR) is 111 cm³/mol. The first-order valence-corrected chi connectivity index (χ1v) is 10.5. The summed E-state index contributed by atoms with van der Waals surface area (Å²) >= 11 is 7.78. The van der Waals surface area contributed by atoms with Crippen LogP contribution in [-0.4, -0.2) is 42.0 Å². The second-order valence-electron chi connectivity index (χ2n) is 7.09. The number of nitrogens with one attached hydrogen (secondary N) is 1. The second kappa shape index (κ2) is 7.20. The van der Waals surface area contributed by atoms with Gasteiger partial charge in [0.1, 0.15) is 17.1 Å². The van der Waals surface area contributed by atoms with Crippen LogP contribution in [0.2, 0.25) is 5.02 Å². The molecule has 1 fully saturated rings. The SMILES string of the molecule is O=C(c1cc2cc(Cl)ccc2o1)N1CC[NH+](Cc2nc3ccccc3s2)CC1. The number of thiazole rings is 1. The van der Waals surface area contributed by atoms with Gasteiger partial charge in [-0.2, -0.15) is 0 Å². The maximum Gasteiger partial charge on any atom is 0.290 e. The first kappa shape index (κ1) is 17.7. The molecule has 5 rings (SSSR count). The van der Waals surface area contributed by atoms with Crippen LogP contribution in [0.3, 0.4) is 0 Å². The third-order valence-electron chi connectivity index (χ3n) is 5.19. The van der Waals surface area contributed by atoms with E-state index in [0.717, 1.165) is 48.6 Å². The quantitative estimate of drug-likeness (QED) is 0.562. The number of hydrogen-bond donors (Lipinski definition) is 1. The van der Waals surface area contributed by atoms with Crippen molar-refractivity contribution in [2.24, 2.45) is 0 Å². The van der Waals surface area contributed by atoms with Gasteiger partial charge in [0.15, 0.2) is 5.76 Å². The average molecular weight is 413 g/mol. The van der Waals surface area contributed by atoms with Crippen molar-refractivity contribution in [3.05, 3.63) is 64.3 Å². The monoisotopic (exact) mass is 412 g/mol. The molecule has 0 radical (unpaired) electrons. The van der Waals surface area contributed by atoms with Crippen LogP contribution < -0.4 is 4.90 Å². The molecule has 1 aliphatic rings. The minimum Gasteiger partial charge on any atom is -0.451 e. The number of rotatable bonds is 3. The molecule has 0 saturated carbocycles. The maximum absolute atomic E-state index is 12.8. The lowest BCUT2D eigenvalue weighted by Gasteiger charge is -2.31.